The molecule has 0 fully saturated rings. The van der Waals surface area contributed by atoms with Crippen LogP contribution >= 0.6 is 11.6 Å². The fraction of sp³-hybridized carbons (Fsp3) is 0.500. The van der Waals surface area contributed by atoms with Crippen molar-refractivity contribution in [3.63, 3.8) is 0 Å². The monoisotopic (exact) mass is 239 g/mol. The van der Waals surface area contributed by atoms with E-state index >= 15 is 0 Å². The molecule has 1 heterocycles. The summed E-state index contributed by atoms with van der Waals surface area (Å²) in [7, 11) is 0. The molecule has 0 spiro atoms. The van der Waals surface area contributed by atoms with Gasteiger partial charge in [-0.15, -0.1) is 0 Å². The van der Waals surface area contributed by atoms with Gasteiger partial charge in [-0.05, 0) is 6.92 Å². The molecule has 1 rings (SSSR count). The maximum atomic E-state index is 5.96. The van der Waals surface area contributed by atoms with E-state index in [1.54, 1.807) is 6.07 Å². The molecule has 16 heavy (non-hydrogen) atoms. The lowest BCUT2D eigenvalue weighted by Crippen LogP contribution is -2.17. The van der Waals surface area contributed by atoms with Gasteiger partial charge < -0.3 is 5.32 Å². The number of rotatable bonds is 3. The Morgan fingerprint density at radius 1 is 1.44 bits per heavy atom. The minimum atomic E-state index is -0.107. The number of nitrogens with one attached hydrogen (secondary N) is 1. The highest BCUT2D eigenvalue weighted by molar-refractivity contribution is 6.29. The van der Waals surface area contributed by atoms with Crippen LogP contribution in [0, 0.1) is 0 Å². The molecule has 4 heteroatoms. The van der Waals surface area contributed by atoms with Crippen molar-refractivity contribution in [1.82, 2.24) is 9.97 Å². The van der Waals surface area contributed by atoms with Crippen molar-refractivity contribution in [2.45, 2.75) is 33.1 Å². The summed E-state index contributed by atoms with van der Waals surface area (Å²) in [4.78, 5) is 8.65. The summed E-state index contributed by atoms with van der Waals surface area (Å²) in [6.45, 7) is 12.6. The van der Waals surface area contributed by atoms with Crippen LogP contribution in [0.2, 0.25) is 5.15 Å². The molecule has 88 valence electrons. The van der Waals surface area contributed by atoms with E-state index < -0.39 is 0 Å². The average Bonchev–Trinajstić information content (AvgIpc) is 2.12. The Balaban J connectivity index is 2.94. The van der Waals surface area contributed by atoms with Crippen LogP contribution in [0.25, 0.3) is 0 Å². The van der Waals surface area contributed by atoms with Crippen LogP contribution in [0.3, 0.4) is 0 Å². The molecular weight excluding hydrogens is 222 g/mol. The molecular formula is C12H18ClN3. The van der Waals surface area contributed by atoms with E-state index in [2.05, 4.69) is 42.6 Å². The van der Waals surface area contributed by atoms with Crippen molar-refractivity contribution in [3.8, 4) is 0 Å². The minimum absolute atomic E-state index is 0.107. The van der Waals surface area contributed by atoms with Gasteiger partial charge in [0.1, 0.15) is 16.8 Å². The second kappa shape index (κ2) is 4.83. The van der Waals surface area contributed by atoms with Crippen molar-refractivity contribution in [2.24, 2.45) is 0 Å². The Hall–Kier alpha value is -1.09. The highest BCUT2D eigenvalue weighted by Crippen LogP contribution is 2.22. The van der Waals surface area contributed by atoms with Gasteiger partial charge in [-0.1, -0.05) is 44.5 Å². The summed E-state index contributed by atoms with van der Waals surface area (Å²) in [5.41, 5.74) is 0.942. The third-order valence-electron chi connectivity index (χ3n) is 1.94. The normalized spacial score (nSPS) is 11.3. The summed E-state index contributed by atoms with van der Waals surface area (Å²) >= 11 is 5.96. The van der Waals surface area contributed by atoms with E-state index in [0.29, 0.717) is 11.7 Å². The average molecular weight is 240 g/mol. The molecule has 0 aliphatic rings. The lowest BCUT2D eigenvalue weighted by atomic mass is 9.96. The molecule has 1 aromatic rings. The van der Waals surface area contributed by atoms with Gasteiger partial charge in [0.25, 0.3) is 0 Å². The molecule has 0 saturated carbocycles. The summed E-state index contributed by atoms with van der Waals surface area (Å²) in [6, 6.07) is 1.72. The van der Waals surface area contributed by atoms with Crippen LogP contribution in [0.15, 0.2) is 18.2 Å². The van der Waals surface area contributed by atoms with Gasteiger partial charge in [-0.25, -0.2) is 9.97 Å². The second-order valence-corrected chi connectivity index (χ2v) is 5.35. The summed E-state index contributed by atoms with van der Waals surface area (Å²) in [5, 5.41) is 3.62. The zero-order chi connectivity index (χ0) is 12.3. The van der Waals surface area contributed by atoms with Gasteiger partial charge in [0.05, 0.1) is 0 Å². The first-order valence-corrected chi connectivity index (χ1v) is 5.60. The molecule has 0 aliphatic carbocycles. The van der Waals surface area contributed by atoms with E-state index in [1.165, 1.54) is 0 Å². The molecule has 0 aliphatic heterocycles. The van der Waals surface area contributed by atoms with Crippen LogP contribution in [-0.2, 0) is 5.41 Å². The number of hydrogen-bond acceptors (Lipinski definition) is 3. The number of anilines is 1. The summed E-state index contributed by atoms with van der Waals surface area (Å²) in [5.74, 6) is 1.48. The van der Waals surface area contributed by atoms with Crippen molar-refractivity contribution < 1.29 is 0 Å². The predicted molar refractivity (Wildman–Crippen MR) is 69.0 cm³/mol. The quantitative estimate of drug-likeness (QED) is 0.649. The predicted octanol–water partition coefficient (Wildman–Crippen LogP) is 3.42. The number of halogens is 1. The van der Waals surface area contributed by atoms with Crippen LogP contribution in [-0.4, -0.2) is 16.5 Å². The fourth-order valence-corrected chi connectivity index (χ4v) is 1.27. The van der Waals surface area contributed by atoms with Gasteiger partial charge in [0, 0.05) is 18.0 Å². The first-order chi connectivity index (χ1) is 7.29. The zero-order valence-electron chi connectivity index (χ0n) is 10.3. The second-order valence-electron chi connectivity index (χ2n) is 4.96. The molecule has 0 bridgehead atoms. The van der Waals surface area contributed by atoms with Crippen LogP contribution in [0.5, 0.6) is 0 Å². The molecule has 1 N–H and O–H groups in total. The lowest BCUT2D eigenvalue weighted by molar-refractivity contribution is 0.546. The van der Waals surface area contributed by atoms with E-state index in [9.17, 15) is 0 Å². The lowest BCUT2D eigenvalue weighted by Gasteiger charge is -2.17. The molecule has 0 radical (unpaired) electrons. The standard InChI is InChI=1S/C12H18ClN3/c1-8(2)7-14-10-6-9(13)15-11(16-10)12(3,4)5/h6H,1,7H2,2-5H3,(H,14,15,16). The molecule has 0 aromatic carbocycles. The third kappa shape index (κ3) is 3.81. The maximum absolute atomic E-state index is 5.96. The van der Waals surface area contributed by atoms with Crippen molar-refractivity contribution >= 4 is 17.4 Å². The fourth-order valence-electron chi connectivity index (χ4n) is 1.09. The van der Waals surface area contributed by atoms with E-state index in [4.69, 9.17) is 11.6 Å². The topological polar surface area (TPSA) is 37.8 Å². The van der Waals surface area contributed by atoms with Crippen molar-refractivity contribution in [3.05, 3.63) is 29.2 Å². The maximum Gasteiger partial charge on any atom is 0.137 e. The van der Waals surface area contributed by atoms with Crippen LogP contribution < -0.4 is 5.32 Å². The van der Waals surface area contributed by atoms with Crippen molar-refractivity contribution in [2.75, 3.05) is 11.9 Å². The van der Waals surface area contributed by atoms with Gasteiger partial charge in [-0.3, -0.25) is 0 Å². The molecule has 1 aromatic heterocycles. The Kier molecular flexibility index (Phi) is 3.92. The Morgan fingerprint density at radius 3 is 2.56 bits per heavy atom. The zero-order valence-corrected chi connectivity index (χ0v) is 11.0. The molecule has 3 nitrogen and oxygen atoms in total. The molecule has 0 atom stereocenters. The number of aromatic nitrogens is 2. The Labute approximate surface area is 102 Å². The highest BCUT2D eigenvalue weighted by Gasteiger charge is 2.18. The first-order valence-electron chi connectivity index (χ1n) is 5.22. The summed E-state index contributed by atoms with van der Waals surface area (Å²) < 4.78 is 0. The van der Waals surface area contributed by atoms with Gasteiger partial charge >= 0.3 is 0 Å². The van der Waals surface area contributed by atoms with E-state index in [-0.39, 0.29) is 5.41 Å². The Morgan fingerprint density at radius 2 is 2.06 bits per heavy atom. The van der Waals surface area contributed by atoms with Crippen LogP contribution in [0.1, 0.15) is 33.5 Å². The number of nitrogens with zero attached hydrogens (tertiary/aromatic N) is 2. The largest absolute Gasteiger partial charge is 0.366 e. The summed E-state index contributed by atoms with van der Waals surface area (Å²) in [6.07, 6.45) is 0. The van der Waals surface area contributed by atoms with E-state index in [0.717, 1.165) is 17.2 Å². The Bertz CT molecular complexity index is 394. The van der Waals surface area contributed by atoms with Gasteiger partial charge in [0.15, 0.2) is 0 Å². The molecule has 0 unspecified atom stereocenters. The molecule has 0 amide bonds. The van der Waals surface area contributed by atoms with Crippen molar-refractivity contribution in [1.29, 1.82) is 0 Å². The van der Waals surface area contributed by atoms with Gasteiger partial charge in [0.2, 0.25) is 0 Å². The van der Waals surface area contributed by atoms with Crippen LogP contribution in [0.4, 0.5) is 5.82 Å². The van der Waals surface area contributed by atoms with Gasteiger partial charge in [-0.2, -0.15) is 0 Å². The van der Waals surface area contributed by atoms with E-state index in [1.807, 2.05) is 6.92 Å². The number of hydrogen-bond donors (Lipinski definition) is 1. The third-order valence-corrected chi connectivity index (χ3v) is 2.13. The SMILES string of the molecule is C=C(C)CNc1cc(Cl)nc(C(C)(C)C)n1. The highest BCUT2D eigenvalue weighted by atomic mass is 35.5. The minimum Gasteiger partial charge on any atom is -0.366 e. The smallest absolute Gasteiger partial charge is 0.137 e. The molecule has 0 saturated heterocycles. The first kappa shape index (κ1) is 13.0.